The van der Waals surface area contributed by atoms with Crippen LogP contribution in [0, 0.1) is 0 Å². The van der Waals surface area contributed by atoms with Crippen LogP contribution in [0.25, 0.3) is 11.1 Å². The SMILES string of the molecule is O=C(Nc1cccnc1C1CCCCNC1)c1cccc(-c2ccccc2)c1. The smallest absolute Gasteiger partial charge is 0.255 e. The summed E-state index contributed by atoms with van der Waals surface area (Å²) >= 11 is 0. The first-order valence-corrected chi connectivity index (χ1v) is 9.94. The predicted octanol–water partition coefficient (Wildman–Crippen LogP) is 4.86. The van der Waals surface area contributed by atoms with Crippen molar-refractivity contribution in [2.45, 2.75) is 25.2 Å². The van der Waals surface area contributed by atoms with Gasteiger partial charge in [-0.1, -0.05) is 48.9 Å². The van der Waals surface area contributed by atoms with Crippen molar-refractivity contribution in [3.05, 3.63) is 84.2 Å². The zero-order chi connectivity index (χ0) is 19.2. The maximum Gasteiger partial charge on any atom is 0.255 e. The van der Waals surface area contributed by atoms with Gasteiger partial charge in [-0.05, 0) is 54.8 Å². The molecule has 1 amide bonds. The van der Waals surface area contributed by atoms with Crippen LogP contribution in [-0.4, -0.2) is 24.0 Å². The third-order valence-corrected chi connectivity index (χ3v) is 5.25. The second kappa shape index (κ2) is 8.81. The Bertz CT molecular complexity index is 931. The summed E-state index contributed by atoms with van der Waals surface area (Å²) in [5, 5.41) is 6.57. The summed E-state index contributed by atoms with van der Waals surface area (Å²) in [6, 6.07) is 21.7. The number of carbonyl (C=O) groups is 1. The molecule has 2 heterocycles. The van der Waals surface area contributed by atoms with Gasteiger partial charge in [0.2, 0.25) is 0 Å². The van der Waals surface area contributed by atoms with Gasteiger partial charge in [0.05, 0.1) is 11.4 Å². The van der Waals surface area contributed by atoms with E-state index in [1.54, 1.807) is 0 Å². The molecule has 1 unspecified atom stereocenters. The van der Waals surface area contributed by atoms with E-state index in [0.717, 1.165) is 42.0 Å². The van der Waals surface area contributed by atoms with E-state index in [0.29, 0.717) is 11.5 Å². The molecule has 0 spiro atoms. The number of carbonyl (C=O) groups excluding carboxylic acids is 1. The number of anilines is 1. The number of pyridine rings is 1. The molecule has 28 heavy (non-hydrogen) atoms. The lowest BCUT2D eigenvalue weighted by molar-refractivity contribution is 0.102. The van der Waals surface area contributed by atoms with Gasteiger partial charge >= 0.3 is 0 Å². The standard InChI is InChI=1S/C24H25N3O/c28-24(20-12-6-11-19(16-20)18-8-2-1-3-9-18)27-22-13-7-15-26-23(22)21-10-4-5-14-25-17-21/h1-3,6-9,11-13,15-16,21,25H,4-5,10,14,17H2,(H,27,28). The summed E-state index contributed by atoms with van der Waals surface area (Å²) in [4.78, 5) is 17.5. The van der Waals surface area contributed by atoms with E-state index in [4.69, 9.17) is 0 Å². The Morgan fingerprint density at radius 3 is 2.71 bits per heavy atom. The molecule has 0 saturated carbocycles. The third kappa shape index (κ3) is 4.29. The lowest BCUT2D eigenvalue weighted by atomic mass is 9.97. The molecule has 0 aliphatic carbocycles. The molecule has 1 aliphatic rings. The summed E-state index contributed by atoms with van der Waals surface area (Å²) in [7, 11) is 0. The molecule has 4 nitrogen and oxygen atoms in total. The second-order valence-corrected chi connectivity index (χ2v) is 7.23. The molecular formula is C24H25N3O. The van der Waals surface area contributed by atoms with Crippen molar-refractivity contribution in [2.24, 2.45) is 0 Å². The summed E-state index contributed by atoms with van der Waals surface area (Å²) in [5.41, 5.74) is 4.57. The highest BCUT2D eigenvalue weighted by molar-refractivity contribution is 6.05. The molecule has 2 N–H and O–H groups in total. The van der Waals surface area contributed by atoms with Crippen molar-refractivity contribution >= 4 is 11.6 Å². The quantitative estimate of drug-likeness (QED) is 0.689. The highest BCUT2D eigenvalue weighted by atomic mass is 16.1. The van der Waals surface area contributed by atoms with Crippen molar-refractivity contribution in [3.63, 3.8) is 0 Å². The maximum atomic E-state index is 12.9. The molecule has 0 bridgehead atoms. The Labute approximate surface area is 166 Å². The average Bonchev–Trinajstić information content (AvgIpc) is 3.04. The first-order chi connectivity index (χ1) is 13.8. The molecule has 142 valence electrons. The van der Waals surface area contributed by atoms with Crippen molar-refractivity contribution < 1.29 is 4.79 Å². The van der Waals surface area contributed by atoms with Gasteiger partial charge in [0.15, 0.2) is 0 Å². The Hall–Kier alpha value is -2.98. The minimum atomic E-state index is -0.103. The number of aromatic nitrogens is 1. The molecule has 0 radical (unpaired) electrons. The lowest BCUT2D eigenvalue weighted by Crippen LogP contribution is -2.22. The van der Waals surface area contributed by atoms with Gasteiger partial charge in [0.1, 0.15) is 0 Å². The molecule has 1 fully saturated rings. The van der Waals surface area contributed by atoms with Gasteiger partial charge in [0, 0.05) is 24.2 Å². The summed E-state index contributed by atoms with van der Waals surface area (Å²) < 4.78 is 0. The van der Waals surface area contributed by atoms with E-state index in [9.17, 15) is 4.79 Å². The van der Waals surface area contributed by atoms with Crippen molar-refractivity contribution in [2.75, 3.05) is 18.4 Å². The van der Waals surface area contributed by atoms with E-state index < -0.39 is 0 Å². The van der Waals surface area contributed by atoms with E-state index >= 15 is 0 Å². The maximum absolute atomic E-state index is 12.9. The topological polar surface area (TPSA) is 54.0 Å². The molecule has 2 aromatic carbocycles. The van der Waals surface area contributed by atoms with Crippen LogP contribution >= 0.6 is 0 Å². The van der Waals surface area contributed by atoms with Crippen LogP contribution in [0.5, 0.6) is 0 Å². The molecule has 1 aliphatic heterocycles. The van der Waals surface area contributed by atoms with E-state index in [1.165, 1.54) is 12.8 Å². The van der Waals surface area contributed by atoms with Gasteiger partial charge in [-0.15, -0.1) is 0 Å². The van der Waals surface area contributed by atoms with Gasteiger partial charge in [0.25, 0.3) is 5.91 Å². The lowest BCUT2D eigenvalue weighted by Gasteiger charge is -2.18. The van der Waals surface area contributed by atoms with Crippen molar-refractivity contribution in [3.8, 4) is 11.1 Å². The van der Waals surface area contributed by atoms with Gasteiger partial charge in [-0.25, -0.2) is 0 Å². The monoisotopic (exact) mass is 371 g/mol. The van der Waals surface area contributed by atoms with Crippen LogP contribution in [0.15, 0.2) is 72.9 Å². The molecule has 1 atom stereocenters. The zero-order valence-corrected chi connectivity index (χ0v) is 15.9. The number of benzene rings is 2. The summed E-state index contributed by atoms with van der Waals surface area (Å²) in [5.74, 6) is 0.225. The van der Waals surface area contributed by atoms with Crippen LogP contribution in [-0.2, 0) is 0 Å². The summed E-state index contributed by atoms with van der Waals surface area (Å²) in [6.45, 7) is 1.96. The molecule has 1 aromatic heterocycles. The summed E-state index contributed by atoms with van der Waals surface area (Å²) in [6.07, 6.45) is 5.28. The van der Waals surface area contributed by atoms with Crippen LogP contribution in [0.2, 0.25) is 0 Å². The molecule has 4 rings (SSSR count). The number of amides is 1. The van der Waals surface area contributed by atoms with Gasteiger partial charge in [-0.3, -0.25) is 9.78 Å². The Balaban J connectivity index is 1.56. The number of hydrogen-bond donors (Lipinski definition) is 2. The fraction of sp³-hybridized carbons (Fsp3) is 0.250. The molecular weight excluding hydrogens is 346 g/mol. The minimum Gasteiger partial charge on any atom is -0.320 e. The predicted molar refractivity (Wildman–Crippen MR) is 114 cm³/mol. The third-order valence-electron chi connectivity index (χ3n) is 5.25. The van der Waals surface area contributed by atoms with Crippen molar-refractivity contribution in [1.29, 1.82) is 0 Å². The van der Waals surface area contributed by atoms with E-state index in [1.807, 2.05) is 60.8 Å². The Kier molecular flexibility index (Phi) is 5.78. The molecule has 3 aromatic rings. The van der Waals surface area contributed by atoms with Crippen LogP contribution in [0.4, 0.5) is 5.69 Å². The Morgan fingerprint density at radius 1 is 0.964 bits per heavy atom. The zero-order valence-electron chi connectivity index (χ0n) is 15.9. The van der Waals surface area contributed by atoms with Gasteiger partial charge in [-0.2, -0.15) is 0 Å². The largest absolute Gasteiger partial charge is 0.320 e. The average molecular weight is 371 g/mol. The number of nitrogens with zero attached hydrogens (tertiary/aromatic N) is 1. The minimum absolute atomic E-state index is 0.103. The highest BCUT2D eigenvalue weighted by Gasteiger charge is 2.20. The van der Waals surface area contributed by atoms with Crippen LogP contribution in [0.3, 0.4) is 0 Å². The number of nitrogens with one attached hydrogen (secondary N) is 2. The van der Waals surface area contributed by atoms with E-state index in [-0.39, 0.29) is 5.91 Å². The van der Waals surface area contributed by atoms with Gasteiger partial charge < -0.3 is 10.6 Å². The number of hydrogen-bond acceptors (Lipinski definition) is 3. The van der Waals surface area contributed by atoms with Crippen LogP contribution in [0.1, 0.15) is 41.2 Å². The first-order valence-electron chi connectivity index (χ1n) is 9.94. The molecule has 4 heteroatoms. The normalized spacial score (nSPS) is 16.9. The first kappa shape index (κ1) is 18.4. The fourth-order valence-electron chi connectivity index (χ4n) is 3.77. The van der Waals surface area contributed by atoms with Crippen LogP contribution < -0.4 is 10.6 Å². The molecule has 1 saturated heterocycles. The van der Waals surface area contributed by atoms with E-state index in [2.05, 4.69) is 27.8 Å². The second-order valence-electron chi connectivity index (χ2n) is 7.23. The highest BCUT2D eigenvalue weighted by Crippen LogP contribution is 2.28. The number of rotatable bonds is 4. The fourth-order valence-corrected chi connectivity index (χ4v) is 3.77. The van der Waals surface area contributed by atoms with Crippen molar-refractivity contribution in [1.82, 2.24) is 10.3 Å². The Morgan fingerprint density at radius 2 is 1.82 bits per heavy atom.